The van der Waals surface area contributed by atoms with Gasteiger partial charge in [-0.3, -0.25) is 4.79 Å². The molecule has 0 fully saturated rings. The maximum absolute atomic E-state index is 13.0. The van der Waals surface area contributed by atoms with Crippen LogP contribution in [0.25, 0.3) is 11.4 Å². The van der Waals surface area contributed by atoms with E-state index in [2.05, 4.69) is 15.5 Å². The summed E-state index contributed by atoms with van der Waals surface area (Å²) in [6.07, 6.45) is 0. The maximum atomic E-state index is 13.0. The van der Waals surface area contributed by atoms with Gasteiger partial charge in [0.15, 0.2) is 11.0 Å². The van der Waals surface area contributed by atoms with E-state index >= 15 is 0 Å². The number of halogens is 2. The fourth-order valence-corrected chi connectivity index (χ4v) is 3.18. The largest absolute Gasteiger partial charge is 0.325 e. The normalized spacial score (nSPS) is 10.8. The van der Waals surface area contributed by atoms with Crippen molar-refractivity contribution in [1.82, 2.24) is 14.8 Å². The van der Waals surface area contributed by atoms with E-state index in [1.165, 1.54) is 23.9 Å². The average Bonchev–Trinajstić information content (AvgIpc) is 2.98. The second-order valence-corrected chi connectivity index (χ2v) is 7.02. The first-order valence-corrected chi connectivity index (χ1v) is 9.14. The number of benzene rings is 2. The number of hydrogen-bond acceptors (Lipinski definition) is 4. The van der Waals surface area contributed by atoms with E-state index in [1.54, 1.807) is 35.9 Å². The maximum Gasteiger partial charge on any atom is 0.234 e. The van der Waals surface area contributed by atoms with Gasteiger partial charge in [-0.15, -0.1) is 10.2 Å². The predicted molar refractivity (Wildman–Crippen MR) is 102 cm³/mol. The van der Waals surface area contributed by atoms with Crippen LogP contribution in [0.1, 0.15) is 5.56 Å². The molecule has 0 unspecified atom stereocenters. The third-order valence-corrected chi connectivity index (χ3v) is 5.15. The van der Waals surface area contributed by atoms with Crippen molar-refractivity contribution >= 4 is 35.0 Å². The van der Waals surface area contributed by atoms with E-state index in [1.807, 2.05) is 13.0 Å². The molecule has 8 heteroatoms. The Balaban J connectivity index is 1.63. The molecule has 0 radical (unpaired) electrons. The molecule has 1 amide bonds. The molecule has 2 aromatic carbocycles. The van der Waals surface area contributed by atoms with Crippen molar-refractivity contribution in [3.05, 3.63) is 58.9 Å². The summed E-state index contributed by atoms with van der Waals surface area (Å²) < 4.78 is 14.8. The molecular weight excluding hydrogens is 375 g/mol. The number of carbonyl (C=O) groups is 1. The van der Waals surface area contributed by atoms with Gasteiger partial charge in [0.25, 0.3) is 0 Å². The Labute approximate surface area is 159 Å². The number of hydrogen-bond donors (Lipinski definition) is 1. The molecule has 1 heterocycles. The molecule has 1 N–H and O–H groups in total. The van der Waals surface area contributed by atoms with Gasteiger partial charge in [0.05, 0.1) is 5.75 Å². The van der Waals surface area contributed by atoms with Crippen molar-refractivity contribution in [2.24, 2.45) is 7.05 Å². The van der Waals surface area contributed by atoms with Gasteiger partial charge in [0.2, 0.25) is 5.91 Å². The molecule has 0 saturated heterocycles. The van der Waals surface area contributed by atoms with Gasteiger partial charge in [-0.05, 0) is 48.9 Å². The van der Waals surface area contributed by atoms with Crippen molar-refractivity contribution in [2.75, 3.05) is 11.1 Å². The van der Waals surface area contributed by atoms with Crippen LogP contribution in [0.4, 0.5) is 10.1 Å². The smallest absolute Gasteiger partial charge is 0.234 e. The molecule has 3 aromatic rings. The quantitative estimate of drug-likeness (QED) is 0.659. The lowest BCUT2D eigenvalue weighted by atomic mass is 10.2. The Bertz CT molecular complexity index is 943. The highest BCUT2D eigenvalue weighted by Gasteiger charge is 2.13. The van der Waals surface area contributed by atoms with Crippen LogP contribution in [-0.2, 0) is 11.8 Å². The zero-order chi connectivity index (χ0) is 18.7. The molecule has 0 aliphatic rings. The second-order valence-electron chi connectivity index (χ2n) is 5.67. The minimum Gasteiger partial charge on any atom is -0.325 e. The van der Waals surface area contributed by atoms with Crippen molar-refractivity contribution < 1.29 is 9.18 Å². The van der Waals surface area contributed by atoms with Gasteiger partial charge in [-0.25, -0.2) is 4.39 Å². The first kappa shape index (κ1) is 18.4. The van der Waals surface area contributed by atoms with Crippen molar-refractivity contribution in [3.8, 4) is 11.4 Å². The Hall–Kier alpha value is -2.38. The van der Waals surface area contributed by atoms with Crippen LogP contribution >= 0.6 is 23.4 Å². The van der Waals surface area contributed by atoms with Crippen LogP contribution in [0.15, 0.2) is 47.6 Å². The van der Waals surface area contributed by atoms with Gasteiger partial charge in [-0.1, -0.05) is 29.4 Å². The molecular formula is C18H16ClFN4OS. The molecule has 3 rings (SSSR count). The first-order valence-electron chi connectivity index (χ1n) is 7.78. The van der Waals surface area contributed by atoms with Crippen LogP contribution in [0, 0.1) is 12.7 Å². The molecule has 0 aliphatic carbocycles. The number of aromatic nitrogens is 3. The number of nitrogens with zero attached hydrogens (tertiary/aromatic N) is 3. The third kappa shape index (κ3) is 4.23. The topological polar surface area (TPSA) is 59.8 Å². The summed E-state index contributed by atoms with van der Waals surface area (Å²) >= 11 is 7.33. The Kier molecular flexibility index (Phi) is 5.58. The fourth-order valence-electron chi connectivity index (χ4n) is 2.29. The lowest BCUT2D eigenvalue weighted by Gasteiger charge is -2.07. The Morgan fingerprint density at radius 3 is 2.65 bits per heavy atom. The SMILES string of the molecule is Cc1ccc(NC(=O)CSc2nnc(-c3ccc(F)cc3)n2C)cc1Cl. The van der Waals surface area contributed by atoms with Gasteiger partial charge in [0, 0.05) is 23.3 Å². The summed E-state index contributed by atoms with van der Waals surface area (Å²) in [5, 5.41) is 12.2. The second kappa shape index (κ2) is 7.88. The minimum absolute atomic E-state index is 0.166. The van der Waals surface area contributed by atoms with E-state index in [0.717, 1.165) is 11.1 Å². The fraction of sp³-hybridized carbons (Fsp3) is 0.167. The van der Waals surface area contributed by atoms with E-state index in [4.69, 9.17) is 11.6 Å². The van der Waals surface area contributed by atoms with Crippen molar-refractivity contribution in [3.63, 3.8) is 0 Å². The first-order chi connectivity index (χ1) is 12.4. The summed E-state index contributed by atoms with van der Waals surface area (Å²) in [6, 6.07) is 11.4. The summed E-state index contributed by atoms with van der Waals surface area (Å²) in [7, 11) is 1.80. The van der Waals surface area contributed by atoms with Crippen LogP contribution in [0.5, 0.6) is 0 Å². The number of thioether (sulfide) groups is 1. The molecule has 1 aromatic heterocycles. The molecule has 0 bridgehead atoms. The lowest BCUT2D eigenvalue weighted by molar-refractivity contribution is -0.113. The molecule has 0 aliphatic heterocycles. The zero-order valence-electron chi connectivity index (χ0n) is 14.2. The zero-order valence-corrected chi connectivity index (χ0v) is 15.7. The predicted octanol–water partition coefficient (Wildman–Crippen LogP) is 4.31. The molecule has 26 heavy (non-hydrogen) atoms. The number of amides is 1. The van der Waals surface area contributed by atoms with Gasteiger partial charge < -0.3 is 9.88 Å². The van der Waals surface area contributed by atoms with E-state index < -0.39 is 0 Å². The molecule has 0 atom stereocenters. The molecule has 0 saturated carbocycles. The third-order valence-electron chi connectivity index (χ3n) is 3.73. The number of anilines is 1. The van der Waals surface area contributed by atoms with Crippen LogP contribution < -0.4 is 5.32 Å². The highest BCUT2D eigenvalue weighted by atomic mass is 35.5. The highest BCUT2D eigenvalue weighted by Crippen LogP contribution is 2.24. The van der Waals surface area contributed by atoms with Gasteiger partial charge in [0.1, 0.15) is 5.82 Å². The van der Waals surface area contributed by atoms with Gasteiger partial charge in [-0.2, -0.15) is 0 Å². The van der Waals surface area contributed by atoms with Crippen LogP contribution in [-0.4, -0.2) is 26.4 Å². The number of aryl methyl sites for hydroxylation is 1. The average molecular weight is 391 g/mol. The Morgan fingerprint density at radius 2 is 1.96 bits per heavy atom. The van der Waals surface area contributed by atoms with Crippen LogP contribution in [0.2, 0.25) is 5.02 Å². The highest BCUT2D eigenvalue weighted by molar-refractivity contribution is 7.99. The van der Waals surface area contributed by atoms with Crippen molar-refractivity contribution in [2.45, 2.75) is 12.1 Å². The monoisotopic (exact) mass is 390 g/mol. The van der Waals surface area contributed by atoms with Crippen molar-refractivity contribution in [1.29, 1.82) is 0 Å². The number of carbonyl (C=O) groups excluding carboxylic acids is 1. The summed E-state index contributed by atoms with van der Waals surface area (Å²) in [5.41, 5.74) is 2.36. The number of rotatable bonds is 5. The van der Waals surface area contributed by atoms with E-state index in [0.29, 0.717) is 21.7 Å². The summed E-state index contributed by atoms with van der Waals surface area (Å²) in [4.78, 5) is 12.1. The molecule has 5 nitrogen and oxygen atoms in total. The molecule has 0 spiro atoms. The van der Waals surface area contributed by atoms with E-state index in [9.17, 15) is 9.18 Å². The minimum atomic E-state index is -0.307. The summed E-state index contributed by atoms with van der Waals surface area (Å²) in [5.74, 6) is 0.318. The standard InChI is InChI=1S/C18H16ClFN4OS/c1-11-3-8-14(9-15(11)19)21-16(25)10-26-18-23-22-17(24(18)2)12-4-6-13(20)7-5-12/h3-9H,10H2,1-2H3,(H,21,25). The van der Waals surface area contributed by atoms with Crippen LogP contribution in [0.3, 0.4) is 0 Å². The van der Waals surface area contributed by atoms with E-state index in [-0.39, 0.29) is 17.5 Å². The van der Waals surface area contributed by atoms with Gasteiger partial charge >= 0.3 is 0 Å². The summed E-state index contributed by atoms with van der Waals surface area (Å²) in [6.45, 7) is 1.90. The lowest BCUT2D eigenvalue weighted by Crippen LogP contribution is -2.14. The molecule has 134 valence electrons. The Morgan fingerprint density at radius 1 is 1.23 bits per heavy atom. The number of nitrogens with one attached hydrogen (secondary N) is 1.